The number of ether oxygens (including phenoxy) is 2. The van der Waals surface area contributed by atoms with Gasteiger partial charge in [0.25, 0.3) is 0 Å². The van der Waals surface area contributed by atoms with Crippen LogP contribution in [0.1, 0.15) is 5.82 Å². The van der Waals surface area contributed by atoms with Gasteiger partial charge in [-0.15, -0.1) is 0 Å². The van der Waals surface area contributed by atoms with Crippen molar-refractivity contribution in [2.45, 2.75) is 24.4 Å². The van der Waals surface area contributed by atoms with Crippen molar-refractivity contribution in [1.29, 1.82) is 0 Å². The molecular formula is C11H14F3N3O4. The first-order chi connectivity index (χ1) is 9.81. The summed E-state index contributed by atoms with van der Waals surface area (Å²) in [5.74, 6) is -1.82. The number of alkyl halides is 3. The maximum atomic E-state index is 12.7. The number of aromatic nitrogens is 2. The Morgan fingerprint density at radius 1 is 1.33 bits per heavy atom. The van der Waals surface area contributed by atoms with E-state index >= 15 is 0 Å². The molecule has 21 heavy (non-hydrogen) atoms. The molecule has 0 bridgehead atoms. The zero-order valence-electron chi connectivity index (χ0n) is 11.0. The highest BCUT2D eigenvalue weighted by Crippen LogP contribution is 2.29. The van der Waals surface area contributed by atoms with Crippen molar-refractivity contribution in [3.63, 3.8) is 0 Å². The fourth-order valence-electron chi connectivity index (χ4n) is 1.83. The minimum atomic E-state index is -4.73. The Kier molecular flexibility index (Phi) is 4.49. The molecule has 7 nitrogen and oxygen atoms in total. The molecule has 1 aliphatic heterocycles. The van der Waals surface area contributed by atoms with Crippen LogP contribution in [0.5, 0.6) is 5.88 Å². The van der Waals surface area contributed by atoms with Crippen LogP contribution >= 0.6 is 0 Å². The van der Waals surface area contributed by atoms with Crippen LogP contribution in [0.15, 0.2) is 6.07 Å². The van der Waals surface area contributed by atoms with Gasteiger partial charge in [0, 0.05) is 6.07 Å². The summed E-state index contributed by atoms with van der Waals surface area (Å²) < 4.78 is 47.8. The van der Waals surface area contributed by atoms with Gasteiger partial charge in [-0.3, -0.25) is 0 Å². The van der Waals surface area contributed by atoms with Gasteiger partial charge in [0.1, 0.15) is 18.0 Å². The highest BCUT2D eigenvalue weighted by molar-refractivity contribution is 5.40. The largest absolute Gasteiger partial charge is 0.481 e. The molecule has 3 unspecified atom stereocenters. The van der Waals surface area contributed by atoms with Crippen LogP contribution in [-0.4, -0.2) is 58.8 Å². The van der Waals surface area contributed by atoms with E-state index in [1.165, 1.54) is 7.11 Å². The number of nitrogens with one attached hydrogen (secondary N) is 1. The number of halogens is 3. The van der Waals surface area contributed by atoms with Crippen molar-refractivity contribution in [2.75, 3.05) is 25.6 Å². The van der Waals surface area contributed by atoms with E-state index in [-0.39, 0.29) is 24.9 Å². The van der Waals surface area contributed by atoms with E-state index < -0.39 is 30.3 Å². The lowest BCUT2D eigenvalue weighted by atomic mass is 10.0. The normalized spacial score (nSPS) is 26.5. The molecule has 3 N–H and O–H groups in total. The standard InChI is InChI=1S/C11H14F3N3O4/c1-20-8-2-7(16-10(17-8)11(12,13)14)15-5-3-21-4-6(18)9(5)19/h2,5-6,9,18-19H,3-4H2,1H3,(H,15,16,17). The Labute approximate surface area is 117 Å². The third kappa shape index (κ3) is 3.71. The Bertz CT molecular complexity index is 500. The van der Waals surface area contributed by atoms with E-state index in [1.54, 1.807) is 0 Å². The Balaban J connectivity index is 2.23. The summed E-state index contributed by atoms with van der Waals surface area (Å²) in [6, 6.07) is 0.359. The van der Waals surface area contributed by atoms with Crippen LogP contribution in [0.2, 0.25) is 0 Å². The first-order valence-corrected chi connectivity index (χ1v) is 6.02. The van der Waals surface area contributed by atoms with Crippen molar-refractivity contribution < 1.29 is 32.9 Å². The van der Waals surface area contributed by atoms with E-state index in [0.717, 1.165) is 6.07 Å². The van der Waals surface area contributed by atoms with Crippen molar-refractivity contribution in [3.05, 3.63) is 11.9 Å². The van der Waals surface area contributed by atoms with Crippen LogP contribution in [0.25, 0.3) is 0 Å². The molecule has 0 saturated carbocycles. The van der Waals surface area contributed by atoms with E-state index in [4.69, 9.17) is 9.47 Å². The lowest BCUT2D eigenvalue weighted by Gasteiger charge is -2.32. The smallest absolute Gasteiger partial charge is 0.451 e. The predicted molar refractivity (Wildman–Crippen MR) is 63.8 cm³/mol. The molecule has 1 aromatic heterocycles. The molecule has 0 amide bonds. The van der Waals surface area contributed by atoms with Gasteiger partial charge in [-0.1, -0.05) is 0 Å². The zero-order chi connectivity index (χ0) is 15.6. The van der Waals surface area contributed by atoms with Crippen molar-refractivity contribution in [1.82, 2.24) is 9.97 Å². The van der Waals surface area contributed by atoms with Gasteiger partial charge in [0.2, 0.25) is 11.7 Å². The summed E-state index contributed by atoms with van der Waals surface area (Å²) in [5, 5.41) is 21.8. The maximum Gasteiger partial charge on any atom is 0.451 e. The second-order valence-corrected chi connectivity index (χ2v) is 4.46. The molecule has 0 radical (unpaired) electrons. The molecule has 2 heterocycles. The van der Waals surface area contributed by atoms with Gasteiger partial charge in [-0.25, -0.2) is 4.98 Å². The molecule has 1 fully saturated rings. The third-order valence-electron chi connectivity index (χ3n) is 2.89. The van der Waals surface area contributed by atoms with Crippen LogP contribution in [-0.2, 0) is 10.9 Å². The van der Waals surface area contributed by atoms with E-state index in [9.17, 15) is 23.4 Å². The van der Waals surface area contributed by atoms with Crippen LogP contribution in [0.4, 0.5) is 19.0 Å². The number of methoxy groups -OCH3 is 1. The highest BCUT2D eigenvalue weighted by atomic mass is 19.4. The number of nitrogens with zero attached hydrogens (tertiary/aromatic N) is 2. The molecule has 1 saturated heterocycles. The lowest BCUT2D eigenvalue weighted by Crippen LogP contribution is -2.51. The predicted octanol–water partition coefficient (Wildman–Crippen LogP) is 0.0365. The minimum Gasteiger partial charge on any atom is -0.481 e. The van der Waals surface area contributed by atoms with Crippen LogP contribution in [0, 0.1) is 0 Å². The van der Waals surface area contributed by atoms with Gasteiger partial charge in [-0.05, 0) is 0 Å². The molecule has 3 atom stereocenters. The number of hydrogen-bond donors (Lipinski definition) is 3. The minimum absolute atomic E-state index is 0.0197. The van der Waals surface area contributed by atoms with E-state index in [2.05, 4.69) is 15.3 Å². The molecule has 10 heteroatoms. The topological polar surface area (TPSA) is 96.7 Å². The molecule has 118 valence electrons. The van der Waals surface area contributed by atoms with Crippen LogP contribution < -0.4 is 10.1 Å². The molecule has 0 spiro atoms. The summed E-state index contributed by atoms with van der Waals surface area (Å²) in [5.41, 5.74) is 0. The van der Waals surface area contributed by atoms with Gasteiger partial charge >= 0.3 is 6.18 Å². The monoisotopic (exact) mass is 309 g/mol. The second kappa shape index (κ2) is 6.00. The number of aliphatic hydroxyl groups is 2. The van der Waals surface area contributed by atoms with Crippen molar-refractivity contribution in [2.24, 2.45) is 0 Å². The first kappa shape index (κ1) is 15.7. The summed E-state index contributed by atoms with van der Waals surface area (Å²) in [6.45, 7) is -0.0217. The Morgan fingerprint density at radius 3 is 2.67 bits per heavy atom. The van der Waals surface area contributed by atoms with Gasteiger partial charge in [0.05, 0.1) is 26.4 Å². The maximum absolute atomic E-state index is 12.7. The van der Waals surface area contributed by atoms with Crippen molar-refractivity contribution >= 4 is 5.82 Å². The average molecular weight is 309 g/mol. The van der Waals surface area contributed by atoms with E-state index in [0.29, 0.717) is 0 Å². The average Bonchev–Trinajstić information content (AvgIpc) is 2.42. The SMILES string of the molecule is COc1cc(NC2COCC(O)C2O)nc(C(F)(F)F)n1. The molecule has 1 aromatic rings. The fourth-order valence-corrected chi connectivity index (χ4v) is 1.83. The molecule has 0 aliphatic carbocycles. The quantitative estimate of drug-likeness (QED) is 0.725. The summed E-state index contributed by atoms with van der Waals surface area (Å²) in [4.78, 5) is 6.54. The lowest BCUT2D eigenvalue weighted by molar-refractivity contribution is -0.145. The Hall–Kier alpha value is -1.65. The van der Waals surface area contributed by atoms with Crippen molar-refractivity contribution in [3.8, 4) is 5.88 Å². The van der Waals surface area contributed by atoms with Gasteiger partial charge in [0.15, 0.2) is 0 Å². The first-order valence-electron chi connectivity index (χ1n) is 6.02. The third-order valence-corrected chi connectivity index (χ3v) is 2.89. The highest BCUT2D eigenvalue weighted by Gasteiger charge is 2.36. The number of rotatable bonds is 3. The molecule has 1 aliphatic rings. The molecule has 0 aromatic carbocycles. The summed E-state index contributed by atoms with van der Waals surface area (Å²) in [7, 11) is 1.18. The van der Waals surface area contributed by atoms with Crippen LogP contribution in [0.3, 0.4) is 0 Å². The second-order valence-electron chi connectivity index (χ2n) is 4.46. The number of aliphatic hydroxyl groups excluding tert-OH is 2. The van der Waals surface area contributed by atoms with Gasteiger partial charge < -0.3 is 25.0 Å². The molecule has 2 rings (SSSR count). The number of anilines is 1. The molecular weight excluding hydrogens is 295 g/mol. The summed E-state index contributed by atoms with van der Waals surface area (Å²) >= 11 is 0. The zero-order valence-corrected chi connectivity index (χ0v) is 11.0. The van der Waals surface area contributed by atoms with E-state index in [1.807, 2.05) is 0 Å². The van der Waals surface area contributed by atoms with Gasteiger partial charge in [-0.2, -0.15) is 18.2 Å². The number of hydrogen-bond acceptors (Lipinski definition) is 7. The fraction of sp³-hybridized carbons (Fsp3) is 0.636. The Morgan fingerprint density at radius 2 is 2.05 bits per heavy atom. The summed E-state index contributed by atoms with van der Waals surface area (Å²) in [6.07, 6.45) is -7.04.